The summed E-state index contributed by atoms with van der Waals surface area (Å²) in [7, 11) is 1.61. The van der Waals surface area contributed by atoms with Crippen molar-refractivity contribution >= 4 is 6.09 Å². The molecular weight excluding hydrogens is 180 g/mol. The highest BCUT2D eigenvalue weighted by Gasteiger charge is 2.57. The van der Waals surface area contributed by atoms with Crippen LogP contribution in [-0.4, -0.2) is 31.8 Å². The highest BCUT2D eigenvalue weighted by molar-refractivity contribution is 5.67. The molecule has 5 atom stereocenters. The number of hydrogen-bond acceptors (Lipinski definition) is 3. The van der Waals surface area contributed by atoms with E-state index in [4.69, 9.17) is 4.74 Å². The molecule has 1 saturated heterocycles. The second-order valence-electron chi connectivity index (χ2n) is 4.71. The maximum atomic E-state index is 11.2. The topological polar surface area (TPSA) is 50.4 Å². The van der Waals surface area contributed by atoms with Crippen LogP contribution in [0.2, 0.25) is 0 Å². The first-order chi connectivity index (χ1) is 6.79. The second-order valence-corrected chi connectivity index (χ2v) is 4.71. The van der Waals surface area contributed by atoms with Crippen LogP contribution >= 0.6 is 0 Å². The zero-order chi connectivity index (χ0) is 9.71. The highest BCUT2D eigenvalue weighted by Crippen LogP contribution is 2.52. The molecule has 5 unspecified atom stereocenters. The molecule has 1 heterocycles. The van der Waals surface area contributed by atoms with E-state index in [0.29, 0.717) is 12.0 Å². The van der Waals surface area contributed by atoms with Crippen molar-refractivity contribution in [1.82, 2.24) is 10.6 Å². The first-order valence-electron chi connectivity index (χ1n) is 5.41. The lowest BCUT2D eigenvalue weighted by Gasteiger charge is -2.27. The molecule has 4 heteroatoms. The Morgan fingerprint density at radius 3 is 3.07 bits per heavy atom. The van der Waals surface area contributed by atoms with Gasteiger partial charge in [-0.2, -0.15) is 0 Å². The Kier molecular flexibility index (Phi) is 1.74. The number of ether oxygens (including phenoxy) is 1. The molecule has 0 radical (unpaired) electrons. The molecule has 78 valence electrons. The van der Waals surface area contributed by atoms with Crippen molar-refractivity contribution in [2.24, 2.45) is 17.8 Å². The molecule has 2 saturated carbocycles. The SMILES string of the molecule is CNC(=O)OC1C2CC3CNC1C3C2. The summed E-state index contributed by atoms with van der Waals surface area (Å²) in [5.41, 5.74) is 0. The minimum Gasteiger partial charge on any atom is -0.444 e. The number of carbonyl (C=O) groups excluding carboxylic acids is 1. The molecule has 0 aromatic heterocycles. The van der Waals surface area contributed by atoms with E-state index in [2.05, 4.69) is 10.6 Å². The number of alkyl carbamates (subject to hydrolysis) is 1. The maximum Gasteiger partial charge on any atom is 0.407 e. The van der Waals surface area contributed by atoms with E-state index in [-0.39, 0.29) is 12.2 Å². The van der Waals surface area contributed by atoms with Crippen molar-refractivity contribution in [3.63, 3.8) is 0 Å². The highest BCUT2D eigenvalue weighted by atomic mass is 16.6. The third-order valence-corrected chi connectivity index (χ3v) is 4.13. The molecule has 0 aromatic rings. The smallest absolute Gasteiger partial charge is 0.407 e. The molecule has 2 bridgehead atoms. The van der Waals surface area contributed by atoms with E-state index >= 15 is 0 Å². The second kappa shape index (κ2) is 2.86. The van der Waals surface area contributed by atoms with Gasteiger partial charge in [-0.1, -0.05) is 0 Å². The summed E-state index contributed by atoms with van der Waals surface area (Å²) < 4.78 is 5.41. The minimum absolute atomic E-state index is 0.124. The number of fused-ring (bicyclic) bond motifs is 1. The normalized spacial score (nSPS) is 48.2. The van der Waals surface area contributed by atoms with Gasteiger partial charge in [0, 0.05) is 13.1 Å². The molecule has 14 heavy (non-hydrogen) atoms. The average Bonchev–Trinajstić information content (AvgIpc) is 2.76. The van der Waals surface area contributed by atoms with Crippen LogP contribution < -0.4 is 10.6 Å². The number of carbonyl (C=O) groups is 1. The van der Waals surface area contributed by atoms with Gasteiger partial charge < -0.3 is 15.4 Å². The van der Waals surface area contributed by atoms with Crippen molar-refractivity contribution in [2.75, 3.05) is 13.6 Å². The fourth-order valence-electron chi connectivity index (χ4n) is 3.59. The summed E-state index contributed by atoms with van der Waals surface area (Å²) in [6.07, 6.45) is 2.34. The van der Waals surface area contributed by atoms with Crippen molar-refractivity contribution in [3.05, 3.63) is 0 Å². The van der Waals surface area contributed by atoms with Gasteiger partial charge >= 0.3 is 6.09 Å². The molecule has 3 aliphatic rings. The summed E-state index contributed by atoms with van der Waals surface area (Å²) >= 11 is 0. The lowest BCUT2D eigenvalue weighted by atomic mass is 9.88. The number of hydrogen-bond donors (Lipinski definition) is 2. The Balaban J connectivity index is 1.73. The summed E-state index contributed by atoms with van der Waals surface area (Å²) in [6, 6.07) is 0.441. The van der Waals surface area contributed by atoms with Crippen molar-refractivity contribution in [1.29, 1.82) is 0 Å². The van der Waals surface area contributed by atoms with E-state index in [0.717, 1.165) is 18.4 Å². The third kappa shape index (κ3) is 1.00. The molecule has 2 N–H and O–H groups in total. The van der Waals surface area contributed by atoms with Crippen LogP contribution in [0, 0.1) is 17.8 Å². The molecule has 1 amide bonds. The third-order valence-electron chi connectivity index (χ3n) is 4.13. The molecule has 0 spiro atoms. The Hall–Kier alpha value is -0.770. The molecule has 0 aromatic carbocycles. The first kappa shape index (κ1) is 8.53. The van der Waals surface area contributed by atoms with Crippen LogP contribution in [0.1, 0.15) is 12.8 Å². The van der Waals surface area contributed by atoms with Gasteiger partial charge in [-0.15, -0.1) is 0 Å². The molecular formula is C10H16N2O2. The summed E-state index contributed by atoms with van der Waals surface area (Å²) in [5, 5.41) is 6.01. The number of nitrogens with one attached hydrogen (secondary N) is 2. The minimum atomic E-state index is -0.284. The van der Waals surface area contributed by atoms with E-state index in [9.17, 15) is 4.79 Å². The summed E-state index contributed by atoms with van der Waals surface area (Å²) in [6.45, 7) is 1.12. The van der Waals surface area contributed by atoms with E-state index < -0.39 is 0 Å². The van der Waals surface area contributed by atoms with Crippen LogP contribution in [0.4, 0.5) is 4.79 Å². The fraction of sp³-hybridized carbons (Fsp3) is 0.900. The Morgan fingerprint density at radius 1 is 1.43 bits per heavy atom. The number of amides is 1. The van der Waals surface area contributed by atoms with Crippen LogP contribution in [0.3, 0.4) is 0 Å². The van der Waals surface area contributed by atoms with E-state index in [1.807, 2.05) is 0 Å². The largest absolute Gasteiger partial charge is 0.444 e. The van der Waals surface area contributed by atoms with Gasteiger partial charge in [0.15, 0.2) is 0 Å². The van der Waals surface area contributed by atoms with Crippen molar-refractivity contribution in [3.8, 4) is 0 Å². The maximum absolute atomic E-state index is 11.2. The first-order valence-corrected chi connectivity index (χ1v) is 5.41. The molecule has 2 aliphatic carbocycles. The fourth-order valence-corrected chi connectivity index (χ4v) is 3.59. The quantitative estimate of drug-likeness (QED) is 0.636. The molecule has 3 rings (SSSR count). The predicted molar refractivity (Wildman–Crippen MR) is 50.8 cm³/mol. The van der Waals surface area contributed by atoms with Gasteiger partial charge in [0.05, 0.1) is 0 Å². The lowest BCUT2D eigenvalue weighted by Crippen LogP contribution is -2.42. The predicted octanol–water partition coefficient (Wildman–Crippen LogP) is 0.339. The van der Waals surface area contributed by atoms with Gasteiger partial charge in [-0.3, -0.25) is 0 Å². The average molecular weight is 196 g/mol. The monoisotopic (exact) mass is 196 g/mol. The van der Waals surface area contributed by atoms with Crippen LogP contribution in [0.15, 0.2) is 0 Å². The van der Waals surface area contributed by atoms with Crippen LogP contribution in [-0.2, 0) is 4.74 Å². The molecule has 1 aliphatic heterocycles. The van der Waals surface area contributed by atoms with Crippen molar-refractivity contribution in [2.45, 2.75) is 25.0 Å². The van der Waals surface area contributed by atoms with E-state index in [1.54, 1.807) is 7.05 Å². The van der Waals surface area contributed by atoms with Gasteiger partial charge in [-0.05, 0) is 37.1 Å². The van der Waals surface area contributed by atoms with Gasteiger partial charge in [0.1, 0.15) is 6.10 Å². The lowest BCUT2D eigenvalue weighted by molar-refractivity contribution is 0.0524. The Labute approximate surface area is 83.4 Å². The number of rotatable bonds is 1. The van der Waals surface area contributed by atoms with Gasteiger partial charge in [-0.25, -0.2) is 4.79 Å². The zero-order valence-corrected chi connectivity index (χ0v) is 8.32. The Bertz CT molecular complexity index is 267. The standard InChI is InChI=1S/C10H16N2O2/c1-11-10(13)14-9-5-2-6-4-12-8(9)7(6)3-5/h5-9,12H,2-4H2,1H3,(H,11,13). The molecule has 3 fully saturated rings. The van der Waals surface area contributed by atoms with Crippen LogP contribution in [0.25, 0.3) is 0 Å². The van der Waals surface area contributed by atoms with Crippen molar-refractivity contribution < 1.29 is 9.53 Å². The molecule has 4 nitrogen and oxygen atoms in total. The van der Waals surface area contributed by atoms with Crippen LogP contribution in [0.5, 0.6) is 0 Å². The summed E-state index contributed by atoms with van der Waals surface area (Å²) in [5.74, 6) is 2.24. The zero-order valence-electron chi connectivity index (χ0n) is 8.32. The van der Waals surface area contributed by atoms with Gasteiger partial charge in [0.2, 0.25) is 0 Å². The van der Waals surface area contributed by atoms with E-state index in [1.165, 1.54) is 12.8 Å². The summed E-state index contributed by atoms with van der Waals surface area (Å²) in [4.78, 5) is 11.2. The van der Waals surface area contributed by atoms with Gasteiger partial charge in [0.25, 0.3) is 0 Å². The Morgan fingerprint density at radius 2 is 2.29 bits per heavy atom.